The Labute approximate surface area is 125 Å². The van der Waals surface area contributed by atoms with Crippen LogP contribution in [0.4, 0.5) is 10.5 Å². The third-order valence-electron chi connectivity index (χ3n) is 4.31. The van der Waals surface area contributed by atoms with E-state index >= 15 is 0 Å². The van der Waals surface area contributed by atoms with Gasteiger partial charge in [0.05, 0.1) is 11.0 Å². The average molecular weight is 308 g/mol. The molecule has 1 atom stereocenters. The maximum absolute atomic E-state index is 11.9. The number of benzene rings is 1. The Balaban J connectivity index is 1.55. The Hall–Kier alpha value is -1.56. The number of rotatable bonds is 3. The molecule has 2 aliphatic rings. The van der Waals surface area contributed by atoms with Crippen LogP contribution in [0, 0.1) is 0 Å². The molecule has 1 saturated heterocycles. The summed E-state index contributed by atoms with van der Waals surface area (Å²) < 4.78 is 23.4. The summed E-state index contributed by atoms with van der Waals surface area (Å²) in [5.41, 5.74) is 3.42. The zero-order valence-electron chi connectivity index (χ0n) is 11.9. The van der Waals surface area contributed by atoms with Gasteiger partial charge in [-0.05, 0) is 55.4 Å². The number of nitrogens with one attached hydrogen (secondary N) is 2. The molecule has 0 bridgehead atoms. The van der Waals surface area contributed by atoms with Crippen molar-refractivity contribution in [3.8, 4) is 0 Å². The summed E-state index contributed by atoms with van der Waals surface area (Å²) in [4.78, 5) is 11.9. The highest BCUT2D eigenvalue weighted by atomic mass is 32.2. The van der Waals surface area contributed by atoms with Gasteiger partial charge in [0.15, 0.2) is 9.84 Å². The molecule has 114 valence electrons. The Bertz CT molecular complexity index is 655. The van der Waals surface area contributed by atoms with Crippen LogP contribution in [0.2, 0.25) is 0 Å². The van der Waals surface area contributed by atoms with Gasteiger partial charge >= 0.3 is 6.03 Å². The summed E-state index contributed by atoms with van der Waals surface area (Å²) in [6.45, 7) is 0.194. The Kier molecular flexibility index (Phi) is 3.89. The molecular weight excluding hydrogens is 288 g/mol. The zero-order valence-corrected chi connectivity index (χ0v) is 12.7. The number of carbonyl (C=O) groups is 1. The van der Waals surface area contributed by atoms with E-state index in [9.17, 15) is 13.2 Å². The molecule has 0 aromatic heterocycles. The normalized spacial score (nSPS) is 22.8. The van der Waals surface area contributed by atoms with Crippen LogP contribution in [-0.2, 0) is 22.7 Å². The first-order chi connectivity index (χ1) is 10.0. The van der Waals surface area contributed by atoms with E-state index in [0.717, 1.165) is 18.5 Å². The van der Waals surface area contributed by atoms with Crippen molar-refractivity contribution >= 4 is 21.6 Å². The number of amides is 2. The number of urea groups is 1. The minimum atomic E-state index is -3.01. The maximum atomic E-state index is 11.9. The van der Waals surface area contributed by atoms with Gasteiger partial charge in [0.2, 0.25) is 0 Å². The topological polar surface area (TPSA) is 75.3 Å². The van der Waals surface area contributed by atoms with Crippen molar-refractivity contribution < 1.29 is 13.2 Å². The number of fused-ring (bicyclic) bond motifs is 1. The Morgan fingerprint density at radius 1 is 1.19 bits per heavy atom. The first-order valence-electron chi connectivity index (χ1n) is 7.43. The van der Waals surface area contributed by atoms with Crippen molar-refractivity contribution in [1.29, 1.82) is 0 Å². The fraction of sp³-hybridized carbons (Fsp3) is 0.533. The quantitative estimate of drug-likeness (QED) is 0.895. The van der Waals surface area contributed by atoms with Gasteiger partial charge in [-0.15, -0.1) is 0 Å². The van der Waals surface area contributed by atoms with Crippen molar-refractivity contribution in [2.45, 2.75) is 37.4 Å². The summed E-state index contributed by atoms with van der Waals surface area (Å²) >= 11 is 0. The number of sulfone groups is 1. The number of hydrogen-bond donors (Lipinski definition) is 2. The molecule has 1 aromatic carbocycles. The molecule has 0 spiro atoms. The number of anilines is 1. The molecule has 1 heterocycles. The second kappa shape index (κ2) is 5.67. The van der Waals surface area contributed by atoms with Crippen LogP contribution in [0.25, 0.3) is 0 Å². The van der Waals surface area contributed by atoms with Crippen LogP contribution in [-0.4, -0.2) is 32.0 Å². The second-order valence-electron chi connectivity index (χ2n) is 5.80. The molecule has 1 unspecified atom stereocenters. The molecule has 21 heavy (non-hydrogen) atoms. The predicted octanol–water partition coefficient (Wildman–Crippen LogP) is 1.87. The molecule has 3 rings (SSSR count). The van der Waals surface area contributed by atoms with Crippen molar-refractivity contribution in [1.82, 2.24) is 5.32 Å². The molecule has 2 amide bonds. The highest BCUT2D eigenvalue weighted by Gasteiger charge is 2.31. The predicted molar refractivity (Wildman–Crippen MR) is 82.3 cm³/mol. The van der Waals surface area contributed by atoms with E-state index in [1.165, 1.54) is 17.5 Å². The van der Waals surface area contributed by atoms with Crippen molar-refractivity contribution in [2.75, 3.05) is 17.6 Å². The zero-order chi connectivity index (χ0) is 14.9. The molecule has 5 nitrogen and oxygen atoms in total. The van der Waals surface area contributed by atoms with Crippen LogP contribution in [0.15, 0.2) is 18.2 Å². The smallest absolute Gasteiger partial charge is 0.319 e. The van der Waals surface area contributed by atoms with Crippen molar-refractivity contribution in [3.05, 3.63) is 29.3 Å². The summed E-state index contributed by atoms with van der Waals surface area (Å²) in [6.07, 6.45) is 4.68. The lowest BCUT2D eigenvalue weighted by molar-refractivity contribution is 0.252. The van der Waals surface area contributed by atoms with Crippen LogP contribution < -0.4 is 10.6 Å². The van der Waals surface area contributed by atoms with Gasteiger partial charge in [0.25, 0.3) is 0 Å². The lowest BCUT2D eigenvalue weighted by Crippen LogP contribution is -2.37. The van der Waals surface area contributed by atoms with Crippen LogP contribution in [0.3, 0.4) is 0 Å². The molecule has 1 fully saturated rings. The highest BCUT2D eigenvalue weighted by Crippen LogP contribution is 2.25. The van der Waals surface area contributed by atoms with E-state index in [1.54, 1.807) is 0 Å². The molecule has 1 aromatic rings. The van der Waals surface area contributed by atoms with Gasteiger partial charge in [-0.3, -0.25) is 0 Å². The van der Waals surface area contributed by atoms with E-state index in [1.807, 2.05) is 12.1 Å². The van der Waals surface area contributed by atoms with Gasteiger partial charge in [-0.25, -0.2) is 13.2 Å². The standard InChI is InChI=1S/C15H20N2O3S/c18-15(16-10-14-5-2-8-21(14,19)20)17-13-7-6-11-3-1-4-12(11)9-13/h6-7,9,14H,1-5,8,10H2,(H2,16,17,18). The van der Waals surface area contributed by atoms with Crippen LogP contribution >= 0.6 is 0 Å². The fourth-order valence-corrected chi connectivity index (χ4v) is 4.88. The molecular formula is C15H20N2O3S. The van der Waals surface area contributed by atoms with Gasteiger partial charge in [0.1, 0.15) is 0 Å². The van der Waals surface area contributed by atoms with E-state index in [0.29, 0.717) is 12.8 Å². The maximum Gasteiger partial charge on any atom is 0.319 e. The third kappa shape index (κ3) is 3.20. The molecule has 1 aliphatic carbocycles. The van der Waals surface area contributed by atoms with Crippen molar-refractivity contribution in [2.24, 2.45) is 0 Å². The average Bonchev–Trinajstić information content (AvgIpc) is 3.01. The largest absolute Gasteiger partial charge is 0.337 e. The van der Waals surface area contributed by atoms with Gasteiger partial charge in [0, 0.05) is 12.2 Å². The van der Waals surface area contributed by atoms with E-state index in [2.05, 4.69) is 16.7 Å². The van der Waals surface area contributed by atoms with Crippen LogP contribution in [0.1, 0.15) is 30.4 Å². The Morgan fingerprint density at radius 2 is 2.00 bits per heavy atom. The lowest BCUT2D eigenvalue weighted by atomic mass is 10.1. The fourth-order valence-electron chi connectivity index (χ4n) is 3.12. The van der Waals surface area contributed by atoms with Gasteiger partial charge in [-0.2, -0.15) is 0 Å². The minimum absolute atomic E-state index is 0.194. The summed E-state index contributed by atoms with van der Waals surface area (Å²) in [6, 6.07) is 5.62. The monoisotopic (exact) mass is 308 g/mol. The molecule has 1 aliphatic heterocycles. The first-order valence-corrected chi connectivity index (χ1v) is 9.14. The first kappa shape index (κ1) is 14.4. The molecule has 2 N–H and O–H groups in total. The van der Waals surface area contributed by atoms with Gasteiger partial charge < -0.3 is 10.6 Å². The number of hydrogen-bond acceptors (Lipinski definition) is 3. The SMILES string of the molecule is O=C(NCC1CCCS1(=O)=O)Nc1ccc2c(c1)CCC2. The summed E-state index contributed by atoms with van der Waals surface area (Å²) in [5.74, 6) is 0.242. The number of aryl methyl sites for hydroxylation is 2. The van der Waals surface area contributed by atoms with Gasteiger partial charge in [-0.1, -0.05) is 6.07 Å². The highest BCUT2D eigenvalue weighted by molar-refractivity contribution is 7.92. The molecule has 6 heteroatoms. The van der Waals surface area contributed by atoms with E-state index in [-0.39, 0.29) is 18.3 Å². The molecule has 0 saturated carbocycles. The summed E-state index contributed by atoms with van der Waals surface area (Å²) in [7, 11) is -3.01. The minimum Gasteiger partial charge on any atom is -0.337 e. The van der Waals surface area contributed by atoms with Crippen molar-refractivity contribution in [3.63, 3.8) is 0 Å². The van der Waals surface area contributed by atoms with E-state index in [4.69, 9.17) is 0 Å². The molecule has 0 radical (unpaired) electrons. The lowest BCUT2D eigenvalue weighted by Gasteiger charge is -2.12. The number of carbonyl (C=O) groups excluding carboxylic acids is 1. The van der Waals surface area contributed by atoms with E-state index < -0.39 is 15.1 Å². The second-order valence-corrected chi connectivity index (χ2v) is 8.20. The third-order valence-corrected chi connectivity index (χ3v) is 6.59. The summed E-state index contributed by atoms with van der Waals surface area (Å²) in [5, 5.41) is 5.02. The van der Waals surface area contributed by atoms with Crippen LogP contribution in [0.5, 0.6) is 0 Å². The Morgan fingerprint density at radius 3 is 2.76 bits per heavy atom.